The summed E-state index contributed by atoms with van der Waals surface area (Å²) in [4.78, 5) is 55.2. The molecule has 1 N–H and O–H groups in total. The third kappa shape index (κ3) is 5.40. The predicted molar refractivity (Wildman–Crippen MR) is 176 cm³/mol. The Hall–Kier alpha value is -6.04. The first kappa shape index (κ1) is 30.6. The highest BCUT2D eigenvalue weighted by Crippen LogP contribution is 2.40. The van der Waals surface area contributed by atoms with Gasteiger partial charge >= 0.3 is 0 Å². The average Bonchev–Trinajstić information content (AvgIpc) is 3.09. The van der Waals surface area contributed by atoms with E-state index in [0.717, 1.165) is 22.9 Å². The second kappa shape index (κ2) is 12.3. The van der Waals surface area contributed by atoms with Crippen LogP contribution < -0.4 is 15.6 Å². The van der Waals surface area contributed by atoms with Crippen LogP contribution in [0.2, 0.25) is 0 Å². The second-order valence-corrected chi connectivity index (χ2v) is 12.1. The van der Waals surface area contributed by atoms with E-state index in [1.165, 1.54) is 15.8 Å². The first-order valence-corrected chi connectivity index (χ1v) is 15.5. The number of ether oxygens (including phenoxy) is 1. The van der Waals surface area contributed by atoms with Crippen LogP contribution >= 0.6 is 0 Å². The molecule has 2 aliphatic heterocycles. The zero-order valence-electron chi connectivity index (χ0n) is 26.3. The number of fused-ring (bicyclic) bond motifs is 2. The summed E-state index contributed by atoms with van der Waals surface area (Å²) in [5.74, 6) is -1.78. The van der Waals surface area contributed by atoms with Gasteiger partial charge in [0.25, 0.3) is 11.8 Å². The number of aromatic nitrogens is 4. The van der Waals surface area contributed by atoms with Gasteiger partial charge in [0.2, 0.25) is 16.6 Å². The second-order valence-electron chi connectivity index (χ2n) is 12.1. The average molecular weight is 645 g/mol. The van der Waals surface area contributed by atoms with E-state index in [2.05, 4.69) is 10.2 Å². The molecule has 4 heterocycles. The highest BCUT2D eigenvalue weighted by Gasteiger charge is 2.39. The van der Waals surface area contributed by atoms with Crippen molar-refractivity contribution in [2.75, 3.05) is 27.2 Å². The molecule has 0 fully saturated rings. The molecule has 0 spiro atoms. The largest absolute Gasteiger partial charge is 0.502 e. The van der Waals surface area contributed by atoms with Gasteiger partial charge in [0.15, 0.2) is 17.1 Å². The molecule has 0 saturated heterocycles. The van der Waals surface area contributed by atoms with Crippen LogP contribution in [0.4, 0.5) is 0 Å². The lowest BCUT2D eigenvalue weighted by Crippen LogP contribution is -2.45. The Kier molecular flexibility index (Phi) is 7.83. The highest BCUT2D eigenvalue weighted by molar-refractivity contribution is 5.96. The zero-order chi connectivity index (χ0) is 33.5. The van der Waals surface area contributed by atoms with Crippen molar-refractivity contribution in [3.05, 3.63) is 146 Å². The summed E-state index contributed by atoms with van der Waals surface area (Å²) in [5.41, 5.74) is 1.33. The predicted octanol–water partition coefficient (Wildman–Crippen LogP) is 3.63. The fraction of sp³-hybridized carbons (Fsp3) is 0.222. The molecule has 3 unspecified atom stereocenters. The Labute approximate surface area is 275 Å². The standard InChI is InChI=1S/C36H32N6O6/c1-39-20-25(16-22-10-5-3-6-11-22)41-32(36(39)47)34(29(44)19-37-41)48-26-15-9-14-24(17-26)30(23-12-7-4-8-13-23)27-21-40(2)35(46)31-33(45)28(43)18-38-42(27)31/h3-15,17-19,25,27,30,45H,16,20-21H2,1-2H3. The summed E-state index contributed by atoms with van der Waals surface area (Å²) in [6.07, 6.45) is 2.78. The van der Waals surface area contributed by atoms with Crippen LogP contribution in [0.25, 0.3) is 0 Å². The minimum atomic E-state index is -0.742. The van der Waals surface area contributed by atoms with E-state index >= 15 is 0 Å². The van der Waals surface area contributed by atoms with Crippen LogP contribution in [-0.2, 0) is 6.42 Å². The number of benzene rings is 3. The number of hydrogen-bond donors (Lipinski definition) is 1. The van der Waals surface area contributed by atoms with E-state index in [1.54, 1.807) is 41.9 Å². The number of carbonyl (C=O) groups excluding carboxylic acids is 2. The van der Waals surface area contributed by atoms with Gasteiger partial charge in [-0.25, -0.2) is 0 Å². The summed E-state index contributed by atoms with van der Waals surface area (Å²) in [7, 11) is 3.30. The first-order chi connectivity index (χ1) is 23.2. The number of rotatable bonds is 7. The maximum Gasteiger partial charge on any atom is 0.275 e. The third-order valence-corrected chi connectivity index (χ3v) is 8.95. The Morgan fingerprint density at radius 3 is 2.12 bits per heavy atom. The van der Waals surface area contributed by atoms with E-state index in [9.17, 15) is 24.3 Å². The molecule has 242 valence electrons. The fourth-order valence-corrected chi connectivity index (χ4v) is 6.68. The number of nitrogens with zero attached hydrogens (tertiary/aromatic N) is 6. The normalized spacial score (nSPS) is 17.9. The molecule has 2 aromatic heterocycles. The minimum absolute atomic E-state index is 0.0761. The maximum atomic E-state index is 13.5. The molecule has 0 bridgehead atoms. The lowest BCUT2D eigenvalue weighted by atomic mass is 9.83. The monoisotopic (exact) mass is 644 g/mol. The number of carbonyl (C=O) groups is 2. The summed E-state index contributed by atoms with van der Waals surface area (Å²) in [6.45, 7) is 0.647. The van der Waals surface area contributed by atoms with Crippen LogP contribution in [0, 0.1) is 0 Å². The van der Waals surface area contributed by atoms with Crippen molar-refractivity contribution >= 4 is 11.8 Å². The van der Waals surface area contributed by atoms with E-state index in [1.807, 2.05) is 66.7 Å². The molecule has 7 rings (SSSR count). The van der Waals surface area contributed by atoms with Crippen molar-refractivity contribution in [2.24, 2.45) is 0 Å². The number of amides is 2. The van der Waals surface area contributed by atoms with Gasteiger partial charge in [0.1, 0.15) is 5.75 Å². The minimum Gasteiger partial charge on any atom is -0.502 e. The Bertz CT molecular complexity index is 2150. The summed E-state index contributed by atoms with van der Waals surface area (Å²) in [5, 5.41) is 19.3. The van der Waals surface area contributed by atoms with Gasteiger partial charge in [-0.05, 0) is 35.2 Å². The molecule has 48 heavy (non-hydrogen) atoms. The first-order valence-electron chi connectivity index (χ1n) is 15.5. The van der Waals surface area contributed by atoms with Gasteiger partial charge in [-0.3, -0.25) is 28.5 Å². The van der Waals surface area contributed by atoms with Crippen molar-refractivity contribution in [2.45, 2.75) is 24.4 Å². The van der Waals surface area contributed by atoms with E-state index in [0.29, 0.717) is 18.7 Å². The van der Waals surface area contributed by atoms with E-state index in [-0.39, 0.29) is 35.6 Å². The molecule has 5 aromatic rings. The summed E-state index contributed by atoms with van der Waals surface area (Å²) >= 11 is 0. The van der Waals surface area contributed by atoms with Gasteiger partial charge in [-0.15, -0.1) is 0 Å². The summed E-state index contributed by atoms with van der Waals surface area (Å²) < 4.78 is 9.30. The third-order valence-electron chi connectivity index (χ3n) is 8.95. The lowest BCUT2D eigenvalue weighted by Gasteiger charge is -2.37. The Morgan fingerprint density at radius 2 is 1.38 bits per heavy atom. The molecule has 2 amide bonds. The Balaban J connectivity index is 1.31. The molecule has 0 saturated carbocycles. The van der Waals surface area contributed by atoms with Crippen LogP contribution in [0.15, 0.2) is 107 Å². The van der Waals surface area contributed by atoms with Crippen molar-refractivity contribution in [3.8, 4) is 17.2 Å². The quantitative estimate of drug-likeness (QED) is 0.284. The zero-order valence-corrected chi connectivity index (χ0v) is 26.3. The van der Waals surface area contributed by atoms with Crippen LogP contribution in [0.3, 0.4) is 0 Å². The molecule has 12 heteroatoms. The molecule has 3 atom stereocenters. The number of hydrogen-bond acceptors (Lipinski definition) is 8. The van der Waals surface area contributed by atoms with Gasteiger partial charge in [0, 0.05) is 33.1 Å². The summed E-state index contributed by atoms with van der Waals surface area (Å²) in [6, 6.07) is 25.9. The molecular weight excluding hydrogens is 612 g/mol. The number of likely N-dealkylation sites (N-methyl/N-ethyl adjacent to an activating group) is 2. The molecule has 2 aliphatic rings. The fourth-order valence-electron chi connectivity index (χ4n) is 6.68. The highest BCUT2D eigenvalue weighted by atomic mass is 16.5. The van der Waals surface area contributed by atoms with Crippen molar-refractivity contribution in [1.29, 1.82) is 0 Å². The van der Waals surface area contributed by atoms with Gasteiger partial charge in [0.05, 0.1) is 24.5 Å². The van der Waals surface area contributed by atoms with Crippen LogP contribution in [0.5, 0.6) is 17.2 Å². The SMILES string of the molecule is CN1CC(Cc2ccccc2)n2ncc(=O)c(Oc3cccc(C(c4ccccc4)C4CN(C)C(=O)c5c(O)c(=O)cnn54)c3)c2C1=O. The Morgan fingerprint density at radius 1 is 0.750 bits per heavy atom. The molecular formula is C36H32N6O6. The van der Waals surface area contributed by atoms with E-state index in [4.69, 9.17) is 4.74 Å². The van der Waals surface area contributed by atoms with Gasteiger partial charge in [-0.1, -0.05) is 72.8 Å². The van der Waals surface area contributed by atoms with Crippen LogP contribution in [0.1, 0.15) is 55.7 Å². The number of aromatic hydroxyl groups is 1. The van der Waals surface area contributed by atoms with E-state index < -0.39 is 34.5 Å². The maximum absolute atomic E-state index is 13.5. The van der Waals surface area contributed by atoms with Crippen molar-refractivity contribution in [1.82, 2.24) is 29.4 Å². The molecule has 3 aromatic carbocycles. The molecule has 0 radical (unpaired) electrons. The van der Waals surface area contributed by atoms with Crippen molar-refractivity contribution in [3.63, 3.8) is 0 Å². The molecule has 12 nitrogen and oxygen atoms in total. The molecule has 0 aliphatic carbocycles. The van der Waals surface area contributed by atoms with Gasteiger partial charge < -0.3 is 19.6 Å². The van der Waals surface area contributed by atoms with Gasteiger partial charge in [-0.2, -0.15) is 10.2 Å². The topological polar surface area (TPSA) is 140 Å². The lowest BCUT2D eigenvalue weighted by molar-refractivity contribution is 0.0682. The van der Waals surface area contributed by atoms with Crippen LogP contribution in [-0.4, -0.2) is 73.5 Å². The van der Waals surface area contributed by atoms with Crippen molar-refractivity contribution < 1.29 is 19.4 Å². The smallest absolute Gasteiger partial charge is 0.275 e.